The molecule has 0 heterocycles. The SMILES string of the molecule is COCCC(O)Cc1ccc(I)cc1. The van der Waals surface area contributed by atoms with Gasteiger partial charge in [-0.2, -0.15) is 0 Å². The van der Waals surface area contributed by atoms with Gasteiger partial charge >= 0.3 is 0 Å². The third-order valence-corrected chi connectivity index (χ3v) is 2.76. The summed E-state index contributed by atoms with van der Waals surface area (Å²) in [5.74, 6) is 0. The van der Waals surface area contributed by atoms with Crippen molar-refractivity contribution >= 4 is 22.6 Å². The van der Waals surface area contributed by atoms with Crippen molar-refractivity contribution in [3.63, 3.8) is 0 Å². The van der Waals surface area contributed by atoms with E-state index < -0.39 is 0 Å². The lowest BCUT2D eigenvalue weighted by molar-refractivity contribution is 0.110. The summed E-state index contributed by atoms with van der Waals surface area (Å²) in [6.07, 6.45) is 1.11. The van der Waals surface area contributed by atoms with Crippen LogP contribution >= 0.6 is 22.6 Å². The van der Waals surface area contributed by atoms with E-state index in [4.69, 9.17) is 4.74 Å². The average molecular weight is 306 g/mol. The number of methoxy groups -OCH3 is 1. The Labute approximate surface area is 98.4 Å². The van der Waals surface area contributed by atoms with Crippen molar-refractivity contribution in [2.75, 3.05) is 13.7 Å². The van der Waals surface area contributed by atoms with Gasteiger partial charge in [0.15, 0.2) is 0 Å². The Kier molecular flexibility index (Phi) is 5.44. The number of rotatable bonds is 5. The maximum atomic E-state index is 9.62. The minimum absolute atomic E-state index is 0.296. The predicted octanol–water partition coefficient (Wildman–Crippen LogP) is 2.23. The first kappa shape index (κ1) is 11.9. The maximum absolute atomic E-state index is 9.62. The molecular formula is C11H15IO2. The molecule has 1 N–H and O–H groups in total. The largest absolute Gasteiger partial charge is 0.393 e. The first-order valence-corrected chi connectivity index (χ1v) is 5.71. The molecule has 0 saturated carbocycles. The van der Waals surface area contributed by atoms with Crippen molar-refractivity contribution in [1.82, 2.24) is 0 Å². The van der Waals surface area contributed by atoms with Crippen molar-refractivity contribution in [1.29, 1.82) is 0 Å². The van der Waals surface area contributed by atoms with Gasteiger partial charge in [-0.05, 0) is 53.1 Å². The van der Waals surface area contributed by atoms with Crippen LogP contribution in [0.4, 0.5) is 0 Å². The second kappa shape index (κ2) is 6.37. The summed E-state index contributed by atoms with van der Waals surface area (Å²) in [5.41, 5.74) is 1.18. The molecule has 0 saturated heterocycles. The highest BCUT2D eigenvalue weighted by atomic mass is 127. The van der Waals surface area contributed by atoms with Crippen LogP contribution < -0.4 is 0 Å². The molecule has 0 aliphatic rings. The number of halogens is 1. The molecule has 0 aliphatic heterocycles. The van der Waals surface area contributed by atoms with Gasteiger partial charge in [-0.15, -0.1) is 0 Å². The van der Waals surface area contributed by atoms with E-state index >= 15 is 0 Å². The van der Waals surface area contributed by atoms with Gasteiger partial charge in [-0.3, -0.25) is 0 Å². The summed E-state index contributed by atoms with van der Waals surface area (Å²) in [7, 11) is 1.65. The van der Waals surface area contributed by atoms with Crippen LogP contribution in [-0.4, -0.2) is 24.9 Å². The molecule has 0 amide bonds. The Balaban J connectivity index is 2.39. The molecular weight excluding hydrogens is 291 g/mol. The van der Waals surface area contributed by atoms with Crippen molar-refractivity contribution in [3.05, 3.63) is 33.4 Å². The highest BCUT2D eigenvalue weighted by Crippen LogP contribution is 2.09. The van der Waals surface area contributed by atoms with Crippen LogP contribution in [0, 0.1) is 3.57 Å². The fourth-order valence-corrected chi connectivity index (χ4v) is 1.61. The van der Waals surface area contributed by atoms with Crippen molar-refractivity contribution in [2.24, 2.45) is 0 Å². The van der Waals surface area contributed by atoms with E-state index in [0.29, 0.717) is 19.4 Å². The molecule has 0 aliphatic carbocycles. The average Bonchev–Trinajstić information content (AvgIpc) is 2.18. The first-order chi connectivity index (χ1) is 6.72. The maximum Gasteiger partial charge on any atom is 0.0602 e. The van der Waals surface area contributed by atoms with Crippen LogP contribution in [0.15, 0.2) is 24.3 Å². The molecule has 1 aromatic carbocycles. The lowest BCUT2D eigenvalue weighted by atomic mass is 10.1. The Morgan fingerprint density at radius 1 is 1.36 bits per heavy atom. The summed E-state index contributed by atoms with van der Waals surface area (Å²) in [4.78, 5) is 0. The van der Waals surface area contributed by atoms with Crippen molar-refractivity contribution in [3.8, 4) is 0 Å². The molecule has 0 fully saturated rings. The summed E-state index contributed by atoms with van der Waals surface area (Å²) >= 11 is 2.27. The summed E-state index contributed by atoms with van der Waals surface area (Å²) in [5, 5.41) is 9.62. The van der Waals surface area contributed by atoms with Gasteiger partial charge in [0.2, 0.25) is 0 Å². The molecule has 78 valence electrons. The van der Waals surface area contributed by atoms with Gasteiger partial charge in [0.1, 0.15) is 0 Å². The Morgan fingerprint density at radius 2 is 2.00 bits per heavy atom. The standard InChI is InChI=1S/C11H15IO2/c1-14-7-6-11(13)8-9-2-4-10(12)5-3-9/h2-5,11,13H,6-8H2,1H3. The first-order valence-electron chi connectivity index (χ1n) is 4.64. The highest BCUT2D eigenvalue weighted by Gasteiger charge is 2.04. The number of ether oxygens (including phenoxy) is 1. The van der Waals surface area contributed by atoms with Gasteiger partial charge in [0, 0.05) is 17.3 Å². The van der Waals surface area contributed by atoms with E-state index in [1.54, 1.807) is 7.11 Å². The summed E-state index contributed by atoms with van der Waals surface area (Å²) in [6.45, 7) is 0.617. The fourth-order valence-electron chi connectivity index (χ4n) is 1.25. The molecule has 3 heteroatoms. The molecule has 1 atom stereocenters. The smallest absolute Gasteiger partial charge is 0.0602 e. The third-order valence-electron chi connectivity index (χ3n) is 2.04. The van der Waals surface area contributed by atoms with Gasteiger partial charge < -0.3 is 9.84 Å². The zero-order chi connectivity index (χ0) is 10.4. The Morgan fingerprint density at radius 3 is 2.57 bits per heavy atom. The van der Waals surface area contributed by atoms with E-state index in [1.165, 1.54) is 9.13 Å². The lowest BCUT2D eigenvalue weighted by Crippen LogP contribution is -2.12. The number of hydrogen-bond acceptors (Lipinski definition) is 2. The number of aliphatic hydroxyl groups excluding tert-OH is 1. The molecule has 0 bridgehead atoms. The molecule has 1 rings (SSSR count). The van der Waals surface area contributed by atoms with Crippen LogP contribution in [-0.2, 0) is 11.2 Å². The van der Waals surface area contributed by atoms with Crippen LogP contribution in [0.5, 0.6) is 0 Å². The number of aliphatic hydroxyl groups is 1. The molecule has 0 radical (unpaired) electrons. The van der Waals surface area contributed by atoms with Gasteiger partial charge in [0.25, 0.3) is 0 Å². The zero-order valence-corrected chi connectivity index (χ0v) is 10.4. The molecule has 1 unspecified atom stereocenters. The Bertz CT molecular complexity index is 258. The minimum atomic E-state index is -0.296. The van der Waals surface area contributed by atoms with Crippen LogP contribution in [0.3, 0.4) is 0 Å². The number of hydrogen-bond donors (Lipinski definition) is 1. The minimum Gasteiger partial charge on any atom is -0.393 e. The molecule has 14 heavy (non-hydrogen) atoms. The topological polar surface area (TPSA) is 29.5 Å². The fraction of sp³-hybridized carbons (Fsp3) is 0.455. The normalized spacial score (nSPS) is 12.8. The second-order valence-corrected chi connectivity index (χ2v) is 4.51. The van der Waals surface area contributed by atoms with Crippen LogP contribution in [0.1, 0.15) is 12.0 Å². The second-order valence-electron chi connectivity index (χ2n) is 3.27. The van der Waals surface area contributed by atoms with Gasteiger partial charge in [-0.25, -0.2) is 0 Å². The van der Waals surface area contributed by atoms with Crippen LogP contribution in [0.25, 0.3) is 0 Å². The van der Waals surface area contributed by atoms with Crippen molar-refractivity contribution < 1.29 is 9.84 Å². The quantitative estimate of drug-likeness (QED) is 0.845. The monoisotopic (exact) mass is 306 g/mol. The Hall–Kier alpha value is -0.130. The summed E-state index contributed by atoms with van der Waals surface area (Å²) in [6, 6.07) is 8.22. The molecule has 1 aromatic rings. The zero-order valence-electron chi connectivity index (χ0n) is 8.24. The lowest BCUT2D eigenvalue weighted by Gasteiger charge is -2.09. The summed E-state index contributed by atoms with van der Waals surface area (Å²) < 4.78 is 6.13. The van der Waals surface area contributed by atoms with Gasteiger partial charge in [-0.1, -0.05) is 12.1 Å². The number of benzene rings is 1. The van der Waals surface area contributed by atoms with E-state index in [-0.39, 0.29) is 6.10 Å². The van der Waals surface area contributed by atoms with Crippen LogP contribution in [0.2, 0.25) is 0 Å². The third kappa shape index (κ3) is 4.39. The highest BCUT2D eigenvalue weighted by molar-refractivity contribution is 14.1. The molecule has 2 nitrogen and oxygen atoms in total. The molecule has 0 aromatic heterocycles. The van der Waals surface area contributed by atoms with E-state index in [1.807, 2.05) is 0 Å². The molecule has 0 spiro atoms. The predicted molar refractivity (Wildman–Crippen MR) is 65.4 cm³/mol. The van der Waals surface area contributed by atoms with Crippen molar-refractivity contribution in [2.45, 2.75) is 18.9 Å². The van der Waals surface area contributed by atoms with E-state index in [9.17, 15) is 5.11 Å². The van der Waals surface area contributed by atoms with E-state index in [0.717, 1.165) is 0 Å². The van der Waals surface area contributed by atoms with Gasteiger partial charge in [0.05, 0.1) is 6.10 Å². The van der Waals surface area contributed by atoms with E-state index in [2.05, 4.69) is 46.9 Å².